The van der Waals surface area contributed by atoms with Gasteiger partial charge in [0, 0.05) is 18.3 Å². The summed E-state index contributed by atoms with van der Waals surface area (Å²) in [6, 6.07) is -5.33. The number of carboxylic acid groups (broad SMARTS) is 1. The molecule has 1 aromatic rings. The Bertz CT molecular complexity index is 921. The Morgan fingerprint density at radius 3 is 2.06 bits per heavy atom. The summed E-state index contributed by atoms with van der Waals surface area (Å²) in [7, 11) is 0. The first-order valence-electron chi connectivity index (χ1n) is 10.8. The highest BCUT2D eigenvalue weighted by Gasteiger charge is 2.33. The Kier molecular flexibility index (Phi) is 11.3. The van der Waals surface area contributed by atoms with Gasteiger partial charge in [0.1, 0.15) is 18.1 Å². The topological polar surface area (TPSA) is 265 Å². The van der Waals surface area contributed by atoms with Crippen molar-refractivity contribution >= 4 is 35.5 Å². The maximum Gasteiger partial charge on any atom is 0.326 e. The molecule has 35 heavy (non-hydrogen) atoms. The van der Waals surface area contributed by atoms with E-state index >= 15 is 0 Å². The Hall–Kier alpha value is -4.01. The normalized spacial score (nSPS) is 15.1. The lowest BCUT2D eigenvalue weighted by Gasteiger charge is -2.27. The van der Waals surface area contributed by atoms with Crippen molar-refractivity contribution in [3.8, 4) is 0 Å². The molecule has 5 unspecified atom stereocenters. The van der Waals surface area contributed by atoms with Gasteiger partial charge in [0.25, 0.3) is 0 Å². The van der Waals surface area contributed by atoms with Crippen LogP contribution in [0.1, 0.15) is 38.8 Å². The van der Waals surface area contributed by atoms with E-state index in [9.17, 15) is 33.9 Å². The third kappa shape index (κ3) is 9.79. The highest BCUT2D eigenvalue weighted by Crippen LogP contribution is 2.10. The van der Waals surface area contributed by atoms with Gasteiger partial charge < -0.3 is 43.2 Å². The van der Waals surface area contributed by atoms with E-state index < -0.39 is 78.4 Å². The van der Waals surface area contributed by atoms with Gasteiger partial charge in [0.15, 0.2) is 0 Å². The molecule has 0 aliphatic rings. The number of nitrogens with two attached hydrogens (primary N) is 3. The van der Waals surface area contributed by atoms with Crippen LogP contribution in [0.4, 0.5) is 0 Å². The molecule has 5 amide bonds. The number of aromatic nitrogens is 2. The average Bonchev–Trinajstić information content (AvgIpc) is 3.27. The molecule has 0 aliphatic heterocycles. The van der Waals surface area contributed by atoms with E-state index in [1.165, 1.54) is 12.5 Å². The number of aliphatic carboxylic acids is 1. The minimum atomic E-state index is -1.59. The predicted molar refractivity (Wildman–Crippen MR) is 121 cm³/mol. The van der Waals surface area contributed by atoms with E-state index in [0.717, 1.165) is 0 Å². The lowest BCUT2D eigenvalue weighted by Crippen LogP contribution is -2.59. The molecule has 0 aliphatic carbocycles. The van der Waals surface area contributed by atoms with Crippen LogP contribution in [-0.2, 0) is 35.2 Å². The Labute approximate surface area is 200 Å². The van der Waals surface area contributed by atoms with E-state index in [0.29, 0.717) is 12.1 Å². The molecule has 11 N–H and O–H groups in total. The van der Waals surface area contributed by atoms with Gasteiger partial charge in [-0.15, -0.1) is 0 Å². The second-order valence-electron chi connectivity index (χ2n) is 8.06. The van der Waals surface area contributed by atoms with Crippen LogP contribution in [0.3, 0.4) is 0 Å². The van der Waals surface area contributed by atoms with Gasteiger partial charge in [0.2, 0.25) is 29.5 Å². The number of nitrogens with one attached hydrogen (secondary N) is 4. The molecule has 15 heteroatoms. The summed E-state index contributed by atoms with van der Waals surface area (Å²) in [5.74, 6) is -6.11. The number of aromatic amines is 1. The minimum absolute atomic E-state index is 0.0604. The number of carbonyl (C=O) groups excluding carboxylic acids is 5. The first-order valence-corrected chi connectivity index (χ1v) is 10.8. The van der Waals surface area contributed by atoms with Gasteiger partial charge in [-0.05, 0) is 5.92 Å². The third-order valence-corrected chi connectivity index (χ3v) is 5.18. The number of primary amides is 2. The van der Waals surface area contributed by atoms with Gasteiger partial charge in [-0.3, -0.25) is 24.0 Å². The summed E-state index contributed by atoms with van der Waals surface area (Å²) in [4.78, 5) is 78.6. The minimum Gasteiger partial charge on any atom is -0.480 e. The van der Waals surface area contributed by atoms with Crippen molar-refractivity contribution in [2.45, 2.75) is 63.7 Å². The molecule has 15 nitrogen and oxygen atoms in total. The number of amides is 5. The van der Waals surface area contributed by atoms with Gasteiger partial charge in [-0.2, -0.15) is 0 Å². The predicted octanol–water partition coefficient (Wildman–Crippen LogP) is -3.38. The van der Waals surface area contributed by atoms with E-state index in [1.807, 2.05) is 0 Å². The summed E-state index contributed by atoms with van der Waals surface area (Å²) in [5.41, 5.74) is 16.2. The van der Waals surface area contributed by atoms with Crippen LogP contribution in [0.25, 0.3) is 0 Å². The van der Waals surface area contributed by atoms with E-state index in [1.54, 1.807) is 13.8 Å². The highest BCUT2D eigenvalue weighted by atomic mass is 16.4. The van der Waals surface area contributed by atoms with Crippen molar-refractivity contribution in [2.24, 2.45) is 23.1 Å². The fourth-order valence-corrected chi connectivity index (χ4v) is 3.03. The summed E-state index contributed by atoms with van der Waals surface area (Å²) >= 11 is 0. The Morgan fingerprint density at radius 1 is 0.971 bits per heavy atom. The quantitative estimate of drug-likeness (QED) is 0.120. The largest absolute Gasteiger partial charge is 0.480 e. The number of carboxylic acids is 1. The second-order valence-corrected chi connectivity index (χ2v) is 8.06. The van der Waals surface area contributed by atoms with Gasteiger partial charge in [-0.25, -0.2) is 9.78 Å². The van der Waals surface area contributed by atoms with Crippen molar-refractivity contribution in [1.82, 2.24) is 25.9 Å². The van der Waals surface area contributed by atoms with Crippen molar-refractivity contribution in [1.29, 1.82) is 0 Å². The van der Waals surface area contributed by atoms with Crippen molar-refractivity contribution < 1.29 is 33.9 Å². The third-order valence-electron chi connectivity index (χ3n) is 5.18. The van der Waals surface area contributed by atoms with Gasteiger partial charge in [-0.1, -0.05) is 20.3 Å². The molecular formula is C20H32N8O7. The number of hydrogen-bond acceptors (Lipinski definition) is 8. The molecule has 0 saturated carbocycles. The summed E-state index contributed by atoms with van der Waals surface area (Å²) in [6.45, 7) is 3.40. The molecule has 0 fully saturated rings. The lowest BCUT2D eigenvalue weighted by atomic mass is 9.97. The number of carbonyl (C=O) groups is 6. The molecule has 5 atom stereocenters. The first kappa shape index (κ1) is 29.0. The van der Waals surface area contributed by atoms with Crippen LogP contribution in [-0.4, -0.2) is 74.7 Å². The Morgan fingerprint density at radius 2 is 1.57 bits per heavy atom. The highest BCUT2D eigenvalue weighted by molar-refractivity contribution is 5.95. The first-order chi connectivity index (χ1) is 16.3. The van der Waals surface area contributed by atoms with Crippen LogP contribution in [0, 0.1) is 5.92 Å². The zero-order chi connectivity index (χ0) is 26.7. The zero-order valence-corrected chi connectivity index (χ0v) is 19.4. The van der Waals surface area contributed by atoms with E-state index in [-0.39, 0.29) is 6.42 Å². The molecule has 194 valence electrons. The molecule has 1 heterocycles. The molecule has 1 rings (SSSR count). The monoisotopic (exact) mass is 496 g/mol. The standard InChI is InChI=1S/C20H32N8O7/c1-3-9(2)16(19(33)27-13(20(34)35)6-15(23)30)28-18(32)12(4-10-7-24-8-25-10)26-17(31)11(21)5-14(22)29/h7-9,11-13,16H,3-6,21H2,1-2H3,(H2,22,29)(H2,23,30)(H,24,25)(H,26,31)(H,27,33)(H,28,32)(H,34,35). The van der Waals surface area contributed by atoms with Crippen LogP contribution in [0.2, 0.25) is 0 Å². The van der Waals surface area contributed by atoms with Crippen molar-refractivity contribution in [2.75, 3.05) is 0 Å². The maximum atomic E-state index is 13.1. The van der Waals surface area contributed by atoms with Crippen molar-refractivity contribution in [3.05, 3.63) is 18.2 Å². The van der Waals surface area contributed by atoms with Crippen LogP contribution in [0.5, 0.6) is 0 Å². The van der Waals surface area contributed by atoms with Crippen LogP contribution < -0.4 is 33.2 Å². The fourth-order valence-electron chi connectivity index (χ4n) is 3.03. The molecule has 0 bridgehead atoms. The lowest BCUT2D eigenvalue weighted by molar-refractivity contribution is -0.144. The zero-order valence-electron chi connectivity index (χ0n) is 19.4. The van der Waals surface area contributed by atoms with Crippen LogP contribution in [0.15, 0.2) is 12.5 Å². The Balaban J connectivity index is 3.09. The summed E-state index contributed by atoms with van der Waals surface area (Å²) in [6.07, 6.45) is 2.07. The van der Waals surface area contributed by atoms with Crippen molar-refractivity contribution in [3.63, 3.8) is 0 Å². The number of imidazole rings is 1. The average molecular weight is 497 g/mol. The van der Waals surface area contributed by atoms with Gasteiger partial charge in [0.05, 0.1) is 25.2 Å². The second kappa shape index (κ2) is 13.6. The molecule has 0 radical (unpaired) electrons. The number of nitrogens with zero attached hydrogens (tertiary/aromatic N) is 1. The molecular weight excluding hydrogens is 464 g/mol. The molecule has 0 saturated heterocycles. The molecule has 0 spiro atoms. The number of rotatable bonds is 15. The summed E-state index contributed by atoms with van der Waals surface area (Å²) < 4.78 is 0. The molecule has 0 aromatic carbocycles. The maximum absolute atomic E-state index is 13.1. The fraction of sp³-hybridized carbons (Fsp3) is 0.550. The van der Waals surface area contributed by atoms with E-state index in [4.69, 9.17) is 17.2 Å². The van der Waals surface area contributed by atoms with Gasteiger partial charge >= 0.3 is 5.97 Å². The van der Waals surface area contributed by atoms with E-state index in [2.05, 4.69) is 25.9 Å². The number of hydrogen-bond donors (Lipinski definition) is 8. The SMILES string of the molecule is CCC(C)C(NC(=O)C(Cc1cnc[nH]1)NC(=O)C(N)CC(N)=O)C(=O)NC(CC(N)=O)C(=O)O. The van der Waals surface area contributed by atoms with Crippen LogP contribution >= 0.6 is 0 Å². The summed E-state index contributed by atoms with van der Waals surface area (Å²) in [5, 5.41) is 16.4. The molecule has 1 aromatic heterocycles. The number of H-pyrrole nitrogens is 1. The smallest absolute Gasteiger partial charge is 0.326 e.